The minimum absolute atomic E-state index is 0.0367. The van der Waals surface area contributed by atoms with Gasteiger partial charge < -0.3 is 15.2 Å². The van der Waals surface area contributed by atoms with Crippen LogP contribution in [0, 0.1) is 0 Å². The molecule has 0 aliphatic heterocycles. The van der Waals surface area contributed by atoms with Crippen LogP contribution in [-0.4, -0.2) is 18.5 Å². The fourth-order valence-corrected chi connectivity index (χ4v) is 1.89. The van der Waals surface area contributed by atoms with Crippen LogP contribution in [0.3, 0.4) is 0 Å². The van der Waals surface area contributed by atoms with Crippen LogP contribution in [-0.2, 0) is 9.53 Å². The molecule has 0 saturated heterocycles. The first-order chi connectivity index (χ1) is 11.0. The first-order valence-corrected chi connectivity index (χ1v) is 6.57. The molecule has 2 rings (SSSR count). The van der Waals surface area contributed by atoms with Gasteiger partial charge in [0.15, 0.2) is 0 Å². The maximum atomic E-state index is 12.2. The number of carbonyl (C=O) groups is 2. The highest BCUT2D eigenvalue weighted by Crippen LogP contribution is 2.21. The molecule has 0 spiro atoms. The summed E-state index contributed by atoms with van der Waals surface area (Å²) in [6.07, 6.45) is -1.27. The van der Waals surface area contributed by atoms with Gasteiger partial charge in [-0.15, -0.1) is 0 Å². The van der Waals surface area contributed by atoms with Crippen LogP contribution >= 0.6 is 0 Å². The Morgan fingerprint density at radius 3 is 2.30 bits per heavy atom. The normalized spacial score (nSPS) is 11.8. The minimum Gasteiger partial charge on any atom is -0.444 e. The fraction of sp³-hybridized carbons (Fsp3) is 0.125. The van der Waals surface area contributed by atoms with Gasteiger partial charge in [-0.3, -0.25) is 4.79 Å². The summed E-state index contributed by atoms with van der Waals surface area (Å²) in [6, 6.07) is 13.3. The van der Waals surface area contributed by atoms with Crippen LogP contribution in [0.1, 0.15) is 22.0 Å². The summed E-state index contributed by atoms with van der Waals surface area (Å²) in [6.45, 7) is -3.01. The number of halogens is 2. The van der Waals surface area contributed by atoms with Crippen molar-refractivity contribution in [3.05, 3.63) is 65.7 Å². The summed E-state index contributed by atoms with van der Waals surface area (Å²) in [7, 11) is 0. The molecule has 0 saturated carbocycles. The largest absolute Gasteiger partial charge is 0.444 e. The lowest BCUT2D eigenvalue weighted by atomic mass is 10.1. The van der Waals surface area contributed by atoms with Crippen LogP contribution in [0.5, 0.6) is 5.75 Å². The number of hydrogen-bond donors (Lipinski definition) is 1. The lowest BCUT2D eigenvalue weighted by Gasteiger charge is -2.15. The Kier molecular flexibility index (Phi) is 5.24. The molecule has 0 bridgehead atoms. The van der Waals surface area contributed by atoms with Gasteiger partial charge in [0.25, 0.3) is 5.91 Å². The monoisotopic (exact) mass is 321 g/mol. The van der Waals surface area contributed by atoms with Crippen molar-refractivity contribution in [2.75, 3.05) is 0 Å². The molecule has 0 radical (unpaired) electrons. The Labute approximate surface area is 130 Å². The van der Waals surface area contributed by atoms with Crippen LogP contribution in [0.25, 0.3) is 0 Å². The number of carbonyl (C=O) groups excluding carboxylic acids is 2. The van der Waals surface area contributed by atoms with Gasteiger partial charge in [-0.2, -0.15) is 8.78 Å². The van der Waals surface area contributed by atoms with Gasteiger partial charge in [0, 0.05) is 5.56 Å². The van der Waals surface area contributed by atoms with Gasteiger partial charge in [0.2, 0.25) is 6.10 Å². The molecule has 1 unspecified atom stereocenters. The van der Waals surface area contributed by atoms with Crippen molar-refractivity contribution in [3.8, 4) is 5.75 Å². The molecular weight excluding hydrogens is 308 g/mol. The minimum atomic E-state index is -3.01. The van der Waals surface area contributed by atoms with E-state index in [9.17, 15) is 18.4 Å². The molecule has 7 heteroatoms. The highest BCUT2D eigenvalue weighted by molar-refractivity contribution is 5.92. The number of hydrogen-bond acceptors (Lipinski definition) is 4. The maximum Gasteiger partial charge on any atom is 0.387 e. The molecule has 5 nitrogen and oxygen atoms in total. The smallest absolute Gasteiger partial charge is 0.387 e. The first-order valence-electron chi connectivity index (χ1n) is 6.57. The molecular formula is C16H13F2NO4. The van der Waals surface area contributed by atoms with E-state index in [2.05, 4.69) is 4.74 Å². The van der Waals surface area contributed by atoms with Crippen LogP contribution in [0.4, 0.5) is 8.78 Å². The van der Waals surface area contributed by atoms with Gasteiger partial charge >= 0.3 is 12.6 Å². The maximum absolute atomic E-state index is 12.2. The Balaban J connectivity index is 2.18. The second-order valence-corrected chi connectivity index (χ2v) is 4.50. The molecule has 0 fully saturated rings. The SMILES string of the molecule is NC(=O)C(OC(=O)c1cccc(OC(F)F)c1)c1ccccc1. The topological polar surface area (TPSA) is 78.6 Å². The summed E-state index contributed by atoms with van der Waals surface area (Å²) < 4.78 is 33.7. The van der Waals surface area contributed by atoms with E-state index >= 15 is 0 Å². The van der Waals surface area contributed by atoms with Crippen molar-refractivity contribution in [2.24, 2.45) is 5.73 Å². The zero-order valence-electron chi connectivity index (χ0n) is 11.8. The number of benzene rings is 2. The van der Waals surface area contributed by atoms with Gasteiger partial charge in [-0.25, -0.2) is 4.79 Å². The third kappa shape index (κ3) is 4.50. The lowest BCUT2D eigenvalue weighted by molar-refractivity contribution is -0.127. The Morgan fingerprint density at radius 1 is 1.00 bits per heavy atom. The van der Waals surface area contributed by atoms with Crippen molar-refractivity contribution in [1.29, 1.82) is 0 Å². The summed E-state index contributed by atoms with van der Waals surface area (Å²) in [5, 5.41) is 0. The quantitative estimate of drug-likeness (QED) is 0.830. The Morgan fingerprint density at radius 2 is 1.70 bits per heavy atom. The van der Waals surface area contributed by atoms with Gasteiger partial charge in [0.05, 0.1) is 5.56 Å². The van der Waals surface area contributed by atoms with Crippen LogP contribution in [0.2, 0.25) is 0 Å². The van der Waals surface area contributed by atoms with Crippen LogP contribution in [0.15, 0.2) is 54.6 Å². The molecule has 2 aromatic rings. The number of alkyl halides is 2. The molecule has 2 N–H and O–H groups in total. The molecule has 0 heterocycles. The molecule has 1 atom stereocenters. The van der Waals surface area contributed by atoms with Gasteiger partial charge in [0.1, 0.15) is 5.75 Å². The third-order valence-electron chi connectivity index (χ3n) is 2.88. The number of nitrogens with two attached hydrogens (primary N) is 1. The van der Waals surface area contributed by atoms with Crippen molar-refractivity contribution < 1.29 is 27.8 Å². The second kappa shape index (κ2) is 7.35. The highest BCUT2D eigenvalue weighted by atomic mass is 19.3. The lowest BCUT2D eigenvalue weighted by Crippen LogP contribution is -2.26. The average molecular weight is 321 g/mol. The average Bonchev–Trinajstić information content (AvgIpc) is 2.52. The van der Waals surface area contributed by atoms with E-state index in [1.807, 2.05) is 0 Å². The molecule has 0 aliphatic carbocycles. The van der Waals surface area contributed by atoms with E-state index in [0.717, 1.165) is 6.07 Å². The number of rotatable bonds is 6. The van der Waals surface area contributed by atoms with E-state index in [0.29, 0.717) is 5.56 Å². The molecule has 120 valence electrons. The van der Waals surface area contributed by atoms with E-state index in [1.165, 1.54) is 18.2 Å². The first kappa shape index (κ1) is 16.4. The van der Waals surface area contributed by atoms with Crippen molar-refractivity contribution in [1.82, 2.24) is 0 Å². The summed E-state index contributed by atoms with van der Waals surface area (Å²) in [4.78, 5) is 23.6. The standard InChI is InChI=1S/C16H13F2NO4/c17-16(18)22-12-8-4-7-11(9-12)15(21)23-13(14(19)20)10-5-2-1-3-6-10/h1-9,13,16H,(H2,19,20). The number of primary amides is 1. The zero-order chi connectivity index (χ0) is 16.8. The summed E-state index contributed by atoms with van der Waals surface area (Å²) >= 11 is 0. The molecule has 0 aliphatic rings. The number of amides is 1. The number of ether oxygens (including phenoxy) is 2. The van der Waals surface area contributed by atoms with Gasteiger partial charge in [-0.05, 0) is 18.2 Å². The highest BCUT2D eigenvalue weighted by Gasteiger charge is 2.23. The molecule has 23 heavy (non-hydrogen) atoms. The summed E-state index contributed by atoms with van der Waals surface area (Å²) in [5.74, 6) is -1.91. The Hall–Kier alpha value is -2.96. The summed E-state index contributed by atoms with van der Waals surface area (Å²) in [5.41, 5.74) is 5.62. The van der Waals surface area contributed by atoms with E-state index < -0.39 is 24.6 Å². The van der Waals surface area contributed by atoms with E-state index in [4.69, 9.17) is 10.5 Å². The van der Waals surface area contributed by atoms with Crippen molar-refractivity contribution >= 4 is 11.9 Å². The predicted octanol–water partition coefficient (Wildman–Crippen LogP) is 2.67. The van der Waals surface area contributed by atoms with E-state index in [-0.39, 0.29) is 11.3 Å². The van der Waals surface area contributed by atoms with Crippen LogP contribution < -0.4 is 10.5 Å². The fourth-order valence-electron chi connectivity index (χ4n) is 1.89. The van der Waals surface area contributed by atoms with E-state index in [1.54, 1.807) is 30.3 Å². The molecule has 0 aromatic heterocycles. The number of esters is 1. The molecule has 2 aromatic carbocycles. The zero-order valence-corrected chi connectivity index (χ0v) is 11.8. The molecule has 1 amide bonds. The Bertz CT molecular complexity index is 691. The van der Waals surface area contributed by atoms with Crippen molar-refractivity contribution in [2.45, 2.75) is 12.7 Å². The third-order valence-corrected chi connectivity index (χ3v) is 2.88. The second-order valence-electron chi connectivity index (χ2n) is 4.50. The van der Waals surface area contributed by atoms with Crippen molar-refractivity contribution in [3.63, 3.8) is 0 Å². The predicted molar refractivity (Wildman–Crippen MR) is 76.9 cm³/mol. The van der Waals surface area contributed by atoms with Gasteiger partial charge in [-0.1, -0.05) is 36.4 Å².